The minimum Gasteiger partial charge on any atom is -0.493 e. The normalized spacial score (nSPS) is 14.6. The molecule has 2 amide bonds. The fourth-order valence-corrected chi connectivity index (χ4v) is 5.53. The number of ether oxygens (including phenoxy) is 2. The van der Waals surface area contributed by atoms with Crippen LogP contribution >= 0.6 is 27.7 Å². The number of amides is 2. The van der Waals surface area contributed by atoms with E-state index in [4.69, 9.17) is 9.47 Å². The molecule has 0 aliphatic carbocycles. The number of imide groups is 1. The van der Waals surface area contributed by atoms with E-state index in [0.717, 1.165) is 33.0 Å². The average Bonchev–Trinajstić information content (AvgIpc) is 3.16. The number of halogens is 2. The Kier molecular flexibility index (Phi) is 7.30. The molecule has 8 heteroatoms. The Morgan fingerprint density at radius 2 is 1.70 bits per heavy atom. The third-order valence-electron chi connectivity index (χ3n) is 5.96. The summed E-state index contributed by atoms with van der Waals surface area (Å²) >= 11 is 4.38. The molecule has 0 atom stereocenters. The van der Waals surface area contributed by atoms with Crippen molar-refractivity contribution in [3.63, 3.8) is 0 Å². The average molecular weight is 578 g/mol. The summed E-state index contributed by atoms with van der Waals surface area (Å²) in [4.78, 5) is 26.7. The molecule has 0 unspecified atom stereocenters. The second-order valence-corrected chi connectivity index (χ2v) is 10.2. The molecule has 186 valence electrons. The Morgan fingerprint density at radius 3 is 2.51 bits per heavy atom. The van der Waals surface area contributed by atoms with Gasteiger partial charge in [0.2, 0.25) is 0 Å². The largest absolute Gasteiger partial charge is 0.493 e. The Morgan fingerprint density at radius 1 is 0.973 bits per heavy atom. The van der Waals surface area contributed by atoms with E-state index in [0.29, 0.717) is 28.1 Å². The first-order valence-electron chi connectivity index (χ1n) is 11.4. The van der Waals surface area contributed by atoms with Crippen LogP contribution in [0.2, 0.25) is 0 Å². The first-order valence-corrected chi connectivity index (χ1v) is 13.0. The number of rotatable bonds is 7. The van der Waals surface area contributed by atoms with Crippen molar-refractivity contribution >= 4 is 55.7 Å². The zero-order valence-electron chi connectivity index (χ0n) is 19.7. The predicted octanol–water partition coefficient (Wildman–Crippen LogP) is 7.57. The van der Waals surface area contributed by atoms with Gasteiger partial charge in [-0.05, 0) is 73.9 Å². The maximum absolute atomic E-state index is 14.1. The summed E-state index contributed by atoms with van der Waals surface area (Å²) in [7, 11) is 1.54. The van der Waals surface area contributed by atoms with E-state index < -0.39 is 17.0 Å². The number of fused-ring (bicyclic) bond motifs is 1. The highest BCUT2D eigenvalue weighted by Crippen LogP contribution is 2.40. The molecule has 4 aromatic rings. The second-order valence-electron chi connectivity index (χ2n) is 8.32. The van der Waals surface area contributed by atoms with E-state index in [2.05, 4.69) is 34.1 Å². The summed E-state index contributed by atoms with van der Waals surface area (Å²) in [6, 6.07) is 23.8. The molecule has 0 bridgehead atoms. The molecule has 0 aromatic heterocycles. The second kappa shape index (κ2) is 10.8. The molecule has 0 spiro atoms. The highest BCUT2D eigenvalue weighted by Gasteiger charge is 2.35. The molecule has 0 saturated carbocycles. The van der Waals surface area contributed by atoms with Crippen LogP contribution in [-0.4, -0.2) is 23.2 Å². The lowest BCUT2D eigenvalue weighted by Gasteiger charge is -2.15. The van der Waals surface area contributed by atoms with Crippen LogP contribution in [0.1, 0.15) is 16.7 Å². The number of methoxy groups -OCH3 is 1. The van der Waals surface area contributed by atoms with Crippen molar-refractivity contribution in [1.29, 1.82) is 0 Å². The van der Waals surface area contributed by atoms with Crippen molar-refractivity contribution in [1.82, 2.24) is 4.90 Å². The fraction of sp³-hybridized carbons (Fsp3) is 0.103. The van der Waals surface area contributed by atoms with Crippen LogP contribution in [0.25, 0.3) is 16.8 Å². The summed E-state index contributed by atoms with van der Waals surface area (Å²) < 4.78 is 26.4. The van der Waals surface area contributed by atoms with Gasteiger partial charge in [0.05, 0.1) is 23.0 Å². The molecule has 5 nitrogen and oxygen atoms in total. The molecule has 0 N–H and O–H groups in total. The van der Waals surface area contributed by atoms with Crippen molar-refractivity contribution in [2.45, 2.75) is 13.2 Å². The van der Waals surface area contributed by atoms with Gasteiger partial charge in [0.1, 0.15) is 12.4 Å². The van der Waals surface area contributed by atoms with Crippen LogP contribution in [0.5, 0.6) is 11.5 Å². The van der Waals surface area contributed by atoms with Gasteiger partial charge in [-0.2, -0.15) is 0 Å². The van der Waals surface area contributed by atoms with Crippen molar-refractivity contribution < 1.29 is 23.5 Å². The van der Waals surface area contributed by atoms with Gasteiger partial charge in [-0.25, -0.2) is 4.39 Å². The van der Waals surface area contributed by atoms with Crippen LogP contribution in [-0.2, 0) is 17.9 Å². The van der Waals surface area contributed by atoms with Crippen LogP contribution < -0.4 is 9.47 Å². The summed E-state index contributed by atoms with van der Waals surface area (Å²) in [5.74, 6) is 0.0783. The lowest BCUT2D eigenvalue weighted by molar-refractivity contribution is -0.123. The number of carbonyl (C=O) groups excluding carboxylic acids is 2. The topological polar surface area (TPSA) is 55.8 Å². The van der Waals surface area contributed by atoms with Gasteiger partial charge in [0.25, 0.3) is 11.1 Å². The van der Waals surface area contributed by atoms with Crippen LogP contribution in [0.15, 0.2) is 88.2 Å². The van der Waals surface area contributed by atoms with Crippen molar-refractivity contribution in [3.05, 3.63) is 111 Å². The van der Waals surface area contributed by atoms with E-state index in [1.807, 2.05) is 24.3 Å². The summed E-state index contributed by atoms with van der Waals surface area (Å²) in [6.07, 6.45) is 1.62. The van der Waals surface area contributed by atoms with Gasteiger partial charge < -0.3 is 9.47 Å². The van der Waals surface area contributed by atoms with Gasteiger partial charge in [0, 0.05) is 5.56 Å². The molecule has 1 aliphatic rings. The Bertz CT molecular complexity index is 1550. The SMILES string of the molecule is COc1cc(/C=C2/SC(=O)N(Cc3ccccc3F)C2=O)cc(Br)c1OCc1cccc2ccccc12. The first kappa shape index (κ1) is 25.0. The van der Waals surface area contributed by atoms with Crippen molar-refractivity contribution in [3.8, 4) is 11.5 Å². The highest BCUT2D eigenvalue weighted by atomic mass is 79.9. The molecular weight excluding hydrogens is 557 g/mol. The Labute approximate surface area is 226 Å². The van der Waals surface area contributed by atoms with Gasteiger partial charge in [-0.3, -0.25) is 14.5 Å². The van der Waals surface area contributed by atoms with E-state index in [1.165, 1.54) is 6.07 Å². The number of hydrogen-bond acceptors (Lipinski definition) is 5. The molecular formula is C29H21BrFNO4S. The number of benzene rings is 4. The highest BCUT2D eigenvalue weighted by molar-refractivity contribution is 9.10. The maximum Gasteiger partial charge on any atom is 0.293 e. The number of nitrogens with zero attached hydrogens (tertiary/aromatic N) is 1. The molecule has 0 radical (unpaired) electrons. The van der Waals surface area contributed by atoms with E-state index in [9.17, 15) is 14.0 Å². The zero-order valence-corrected chi connectivity index (χ0v) is 22.1. The fourth-order valence-electron chi connectivity index (χ4n) is 4.12. The monoisotopic (exact) mass is 577 g/mol. The molecule has 37 heavy (non-hydrogen) atoms. The van der Waals surface area contributed by atoms with Crippen LogP contribution in [0, 0.1) is 5.82 Å². The van der Waals surface area contributed by atoms with Crippen molar-refractivity contribution in [2.75, 3.05) is 7.11 Å². The standard InChI is InChI=1S/C29H21BrFNO4S/c1-35-25-14-18(15-26-28(33)32(29(34)37-26)16-20-8-3-5-12-24(20)31)13-23(30)27(25)36-17-21-10-6-9-19-7-2-4-11-22(19)21/h2-15H,16-17H2,1H3/b26-15+. The van der Waals surface area contributed by atoms with Gasteiger partial charge in [-0.1, -0.05) is 60.7 Å². The minimum absolute atomic E-state index is 0.122. The number of carbonyl (C=O) groups is 2. The predicted molar refractivity (Wildman–Crippen MR) is 147 cm³/mol. The van der Waals surface area contributed by atoms with Gasteiger partial charge in [-0.15, -0.1) is 0 Å². The van der Waals surface area contributed by atoms with E-state index >= 15 is 0 Å². The summed E-state index contributed by atoms with van der Waals surface area (Å²) in [6.45, 7) is 0.216. The number of thioether (sulfide) groups is 1. The van der Waals surface area contributed by atoms with Gasteiger partial charge >= 0.3 is 0 Å². The summed E-state index contributed by atoms with van der Waals surface area (Å²) in [5, 5.41) is 1.80. The molecule has 4 aromatic carbocycles. The summed E-state index contributed by atoms with van der Waals surface area (Å²) in [5.41, 5.74) is 1.97. The Hall–Kier alpha value is -3.62. The lowest BCUT2D eigenvalue weighted by Crippen LogP contribution is -2.27. The number of hydrogen-bond donors (Lipinski definition) is 0. The van der Waals surface area contributed by atoms with Crippen molar-refractivity contribution in [2.24, 2.45) is 0 Å². The minimum atomic E-state index is -0.468. The maximum atomic E-state index is 14.1. The van der Waals surface area contributed by atoms with Gasteiger partial charge in [0.15, 0.2) is 11.5 Å². The van der Waals surface area contributed by atoms with Crippen LogP contribution in [0.3, 0.4) is 0 Å². The molecule has 1 fully saturated rings. The quantitative estimate of drug-likeness (QED) is 0.212. The van der Waals surface area contributed by atoms with E-state index in [-0.39, 0.29) is 17.0 Å². The zero-order chi connectivity index (χ0) is 25.9. The molecule has 1 aliphatic heterocycles. The first-order chi connectivity index (χ1) is 17.9. The molecule has 1 saturated heterocycles. The third-order valence-corrected chi connectivity index (χ3v) is 7.46. The third kappa shape index (κ3) is 5.26. The van der Waals surface area contributed by atoms with Crippen LogP contribution in [0.4, 0.5) is 9.18 Å². The molecule has 1 heterocycles. The smallest absolute Gasteiger partial charge is 0.293 e. The Balaban J connectivity index is 1.37. The molecule has 5 rings (SSSR count). The van der Waals surface area contributed by atoms with E-state index in [1.54, 1.807) is 43.5 Å². The lowest BCUT2D eigenvalue weighted by atomic mass is 10.1.